The van der Waals surface area contributed by atoms with E-state index in [-0.39, 0.29) is 18.2 Å². The van der Waals surface area contributed by atoms with Crippen LogP contribution < -0.4 is 5.32 Å². The number of hydrogen-bond donors (Lipinski definition) is 1. The number of amides is 3. The Morgan fingerprint density at radius 3 is 2.72 bits per heavy atom. The van der Waals surface area contributed by atoms with Gasteiger partial charge in [0.2, 0.25) is 0 Å². The first-order valence-electron chi connectivity index (χ1n) is 10.4. The van der Waals surface area contributed by atoms with E-state index >= 15 is 0 Å². The molecule has 1 saturated carbocycles. The molecule has 1 aromatic carbocycles. The lowest BCUT2D eigenvalue weighted by molar-refractivity contribution is -0.131. The van der Waals surface area contributed by atoms with Crippen molar-refractivity contribution in [1.82, 2.24) is 14.8 Å². The monoisotopic (exact) mass is 391 g/mol. The lowest BCUT2D eigenvalue weighted by atomic mass is 9.76. The Balaban J connectivity index is 1.44. The Bertz CT molecular complexity index is 1050. The third-order valence-corrected chi connectivity index (χ3v) is 6.65. The summed E-state index contributed by atoms with van der Waals surface area (Å²) in [5, 5.41) is 2.92. The van der Waals surface area contributed by atoms with Crippen molar-refractivity contribution in [2.45, 2.75) is 57.5 Å². The second-order valence-electron chi connectivity index (χ2n) is 8.55. The highest BCUT2D eigenvalue weighted by atomic mass is 16.2. The molecule has 6 nitrogen and oxygen atoms in total. The maximum Gasteiger partial charge on any atom is 0.325 e. The summed E-state index contributed by atoms with van der Waals surface area (Å²) in [5.74, 6) is -0.492. The maximum absolute atomic E-state index is 13.4. The molecular weight excluding hydrogens is 366 g/mol. The summed E-state index contributed by atoms with van der Waals surface area (Å²) in [5.41, 5.74) is 3.53. The van der Waals surface area contributed by atoms with E-state index in [4.69, 9.17) is 0 Å². The van der Waals surface area contributed by atoms with E-state index in [0.717, 1.165) is 53.1 Å². The predicted molar refractivity (Wildman–Crippen MR) is 108 cm³/mol. The third kappa shape index (κ3) is 2.65. The molecule has 1 spiro atoms. The van der Waals surface area contributed by atoms with E-state index < -0.39 is 11.6 Å². The van der Waals surface area contributed by atoms with E-state index in [0.29, 0.717) is 18.0 Å². The number of nitrogens with zero attached hydrogens (tertiary/aromatic N) is 2. The fourth-order valence-electron chi connectivity index (χ4n) is 5.14. The fourth-order valence-corrected chi connectivity index (χ4v) is 5.14. The van der Waals surface area contributed by atoms with Crippen LogP contribution in [0.4, 0.5) is 4.79 Å². The Morgan fingerprint density at radius 1 is 1.21 bits per heavy atom. The molecule has 1 saturated heterocycles. The Hall–Kier alpha value is -2.89. The molecule has 0 unspecified atom stereocenters. The van der Waals surface area contributed by atoms with Crippen molar-refractivity contribution in [3.05, 3.63) is 58.4 Å². The second kappa shape index (κ2) is 6.31. The number of hydrogen-bond acceptors (Lipinski definition) is 3. The number of carbonyl (C=O) groups excluding carboxylic acids is 3. The van der Waals surface area contributed by atoms with Gasteiger partial charge in [0.15, 0.2) is 5.78 Å². The summed E-state index contributed by atoms with van der Waals surface area (Å²) in [6.45, 7) is 3.73. The van der Waals surface area contributed by atoms with Crippen LogP contribution in [0.2, 0.25) is 0 Å². The normalized spacial score (nSPS) is 23.4. The SMILES string of the molecule is Cc1cc(C(=O)CN2C(=O)N[C@@]3(CCCc4ccccc43)C2=O)c(C)n1C1CC1. The van der Waals surface area contributed by atoms with E-state index in [1.54, 1.807) is 0 Å². The van der Waals surface area contributed by atoms with Crippen LogP contribution in [0.15, 0.2) is 30.3 Å². The van der Waals surface area contributed by atoms with Gasteiger partial charge in [-0.3, -0.25) is 14.5 Å². The number of ketones is 1. The lowest BCUT2D eigenvalue weighted by Crippen LogP contribution is -2.46. The second-order valence-corrected chi connectivity index (χ2v) is 8.55. The smallest absolute Gasteiger partial charge is 0.325 e. The molecule has 2 aromatic rings. The van der Waals surface area contributed by atoms with Crippen molar-refractivity contribution in [3.8, 4) is 0 Å². The number of nitrogens with one attached hydrogen (secondary N) is 1. The standard InChI is InChI=1S/C23H25N3O3/c1-14-12-18(15(2)26(14)17-9-10-17)20(27)13-25-21(28)23(24-22(25)29)11-5-7-16-6-3-4-8-19(16)23/h3-4,6,8,12,17H,5,7,9-11,13H2,1-2H3,(H,24,29)/t23-/m1/s1. The Labute approximate surface area is 169 Å². The molecule has 0 radical (unpaired) electrons. The molecule has 0 bridgehead atoms. The zero-order chi connectivity index (χ0) is 20.3. The quantitative estimate of drug-likeness (QED) is 0.641. The summed E-state index contributed by atoms with van der Waals surface area (Å²) in [6, 6.07) is 9.67. The first kappa shape index (κ1) is 18.2. The Kier molecular flexibility index (Phi) is 3.95. The zero-order valence-corrected chi connectivity index (χ0v) is 16.8. The van der Waals surface area contributed by atoms with Crippen LogP contribution in [0.3, 0.4) is 0 Å². The van der Waals surface area contributed by atoms with Gasteiger partial charge in [-0.15, -0.1) is 0 Å². The molecule has 1 aliphatic heterocycles. The van der Waals surface area contributed by atoms with Gasteiger partial charge in [0.05, 0.1) is 6.54 Å². The van der Waals surface area contributed by atoms with Crippen molar-refractivity contribution in [1.29, 1.82) is 0 Å². The van der Waals surface area contributed by atoms with Gasteiger partial charge in [0.1, 0.15) is 5.54 Å². The number of aryl methyl sites for hydroxylation is 2. The van der Waals surface area contributed by atoms with Gasteiger partial charge in [0.25, 0.3) is 5.91 Å². The average molecular weight is 391 g/mol. The molecule has 5 rings (SSSR count). The van der Waals surface area contributed by atoms with Crippen LogP contribution in [-0.2, 0) is 16.8 Å². The molecule has 2 fully saturated rings. The van der Waals surface area contributed by atoms with Gasteiger partial charge in [-0.25, -0.2) is 4.79 Å². The summed E-state index contributed by atoms with van der Waals surface area (Å²) < 4.78 is 2.21. The maximum atomic E-state index is 13.4. The largest absolute Gasteiger partial charge is 0.345 e. The summed E-state index contributed by atoms with van der Waals surface area (Å²) >= 11 is 0. The van der Waals surface area contributed by atoms with Crippen molar-refractivity contribution < 1.29 is 14.4 Å². The number of carbonyl (C=O) groups is 3. The minimum Gasteiger partial charge on any atom is -0.345 e. The van der Waals surface area contributed by atoms with Crippen LogP contribution in [0.5, 0.6) is 0 Å². The lowest BCUT2D eigenvalue weighted by Gasteiger charge is -2.33. The first-order valence-corrected chi connectivity index (χ1v) is 10.4. The first-order chi connectivity index (χ1) is 13.9. The number of urea groups is 1. The number of imide groups is 1. The molecular formula is C23H25N3O3. The molecule has 2 aliphatic carbocycles. The predicted octanol–water partition coefficient (Wildman–Crippen LogP) is 3.41. The fraction of sp³-hybridized carbons (Fsp3) is 0.435. The van der Waals surface area contributed by atoms with Crippen molar-refractivity contribution in [2.24, 2.45) is 0 Å². The summed E-state index contributed by atoms with van der Waals surface area (Å²) in [4.78, 5) is 40.3. The van der Waals surface area contributed by atoms with Gasteiger partial charge < -0.3 is 9.88 Å². The van der Waals surface area contributed by atoms with E-state index in [1.165, 1.54) is 0 Å². The number of Topliss-reactive ketones (excluding diaryl/α,β-unsaturated/α-hetero) is 1. The molecule has 29 heavy (non-hydrogen) atoms. The van der Waals surface area contributed by atoms with Crippen LogP contribution in [0, 0.1) is 13.8 Å². The highest BCUT2D eigenvalue weighted by Gasteiger charge is 2.54. The highest BCUT2D eigenvalue weighted by molar-refractivity contribution is 6.11. The van der Waals surface area contributed by atoms with Gasteiger partial charge in [-0.05, 0) is 63.1 Å². The van der Waals surface area contributed by atoms with Crippen LogP contribution in [0.1, 0.15) is 64.6 Å². The number of fused-ring (bicyclic) bond motifs is 2. The summed E-state index contributed by atoms with van der Waals surface area (Å²) in [7, 11) is 0. The number of aromatic nitrogens is 1. The van der Waals surface area contributed by atoms with Crippen LogP contribution in [0.25, 0.3) is 0 Å². The highest BCUT2D eigenvalue weighted by Crippen LogP contribution is 2.41. The average Bonchev–Trinajstić information content (AvgIpc) is 3.45. The van der Waals surface area contributed by atoms with Gasteiger partial charge in [-0.2, -0.15) is 0 Å². The minimum atomic E-state index is -1.03. The van der Waals surface area contributed by atoms with Gasteiger partial charge >= 0.3 is 6.03 Å². The van der Waals surface area contributed by atoms with Crippen LogP contribution >= 0.6 is 0 Å². The van der Waals surface area contributed by atoms with E-state index in [2.05, 4.69) is 9.88 Å². The zero-order valence-electron chi connectivity index (χ0n) is 16.8. The van der Waals surface area contributed by atoms with Gasteiger partial charge in [0, 0.05) is 23.0 Å². The topological polar surface area (TPSA) is 71.4 Å². The third-order valence-electron chi connectivity index (χ3n) is 6.65. The van der Waals surface area contributed by atoms with Crippen molar-refractivity contribution in [2.75, 3.05) is 6.54 Å². The summed E-state index contributed by atoms with van der Waals surface area (Å²) in [6.07, 6.45) is 4.56. The van der Waals surface area contributed by atoms with Crippen molar-refractivity contribution in [3.63, 3.8) is 0 Å². The molecule has 1 atom stereocenters. The number of benzene rings is 1. The number of rotatable bonds is 4. The molecule has 6 heteroatoms. The molecule has 3 aliphatic rings. The molecule has 2 heterocycles. The van der Waals surface area contributed by atoms with Crippen LogP contribution in [-0.4, -0.2) is 33.7 Å². The van der Waals surface area contributed by atoms with E-state index in [1.807, 2.05) is 44.2 Å². The van der Waals surface area contributed by atoms with Gasteiger partial charge in [-0.1, -0.05) is 24.3 Å². The molecule has 1 N–H and O–H groups in total. The minimum absolute atomic E-state index is 0.186. The molecule has 3 amide bonds. The molecule has 150 valence electrons. The molecule has 1 aromatic heterocycles. The Morgan fingerprint density at radius 2 is 1.97 bits per heavy atom. The van der Waals surface area contributed by atoms with Crippen molar-refractivity contribution >= 4 is 17.7 Å². The van der Waals surface area contributed by atoms with E-state index in [9.17, 15) is 14.4 Å².